The fourth-order valence-electron chi connectivity index (χ4n) is 6.49. The molecule has 32 heavy (non-hydrogen) atoms. The molecule has 4 bridgehead atoms. The third-order valence-electron chi connectivity index (χ3n) is 7.66. The number of carbonyl (C=O) groups excluding carboxylic acids is 1. The zero-order chi connectivity index (χ0) is 22.6. The van der Waals surface area contributed by atoms with Gasteiger partial charge < -0.3 is 9.29 Å². The number of rotatable bonds is 3. The molecule has 168 valence electrons. The summed E-state index contributed by atoms with van der Waals surface area (Å²) in [6.45, 7) is 0. The summed E-state index contributed by atoms with van der Waals surface area (Å²) in [5, 5.41) is 10.5. The van der Waals surface area contributed by atoms with Crippen molar-refractivity contribution in [1.29, 1.82) is 0 Å². The molecule has 4 unspecified atom stereocenters. The number of fused-ring (bicyclic) bond motifs is 10. The van der Waals surface area contributed by atoms with Crippen LogP contribution in [0.3, 0.4) is 0 Å². The van der Waals surface area contributed by atoms with Crippen LogP contribution in [-0.4, -0.2) is 24.8 Å². The second-order valence-electron chi connectivity index (χ2n) is 9.17. The van der Waals surface area contributed by atoms with Crippen molar-refractivity contribution in [2.24, 2.45) is 0 Å². The molecule has 6 rings (SSSR count). The molecule has 1 N–H and O–H groups in total. The maximum Gasteiger partial charge on any atom is 0.534 e. The van der Waals surface area contributed by atoms with E-state index >= 15 is 0 Å². The highest BCUT2D eigenvalue weighted by Crippen LogP contribution is 2.61. The highest BCUT2D eigenvalue weighted by molar-refractivity contribution is 7.88. The number of Topliss-reactive ketones (excluding diaryl/α,β-unsaturated/α-hetero) is 1. The minimum atomic E-state index is -5.85. The predicted molar refractivity (Wildman–Crippen MR) is 108 cm³/mol. The Bertz CT molecular complexity index is 1300. The summed E-state index contributed by atoms with van der Waals surface area (Å²) in [6.07, 6.45) is 4.01. The summed E-state index contributed by atoms with van der Waals surface area (Å²) in [4.78, 5) is 12.9. The largest absolute Gasteiger partial charge is 0.534 e. The summed E-state index contributed by atoms with van der Waals surface area (Å²) >= 11 is 0. The average Bonchev–Trinajstić information content (AvgIpc) is 3.48. The van der Waals surface area contributed by atoms with Crippen LogP contribution in [0.15, 0.2) is 24.3 Å². The summed E-state index contributed by atoms with van der Waals surface area (Å²) in [5.74, 6) is -0.817. The number of phenolic OH excluding ortho intramolecular Hbond substituents is 1. The molecule has 0 saturated heterocycles. The molecule has 0 heterocycles. The van der Waals surface area contributed by atoms with E-state index in [1.807, 2.05) is 0 Å². The molecule has 0 radical (unpaired) electrons. The summed E-state index contributed by atoms with van der Waals surface area (Å²) in [7, 11) is -5.85. The van der Waals surface area contributed by atoms with Gasteiger partial charge in [-0.1, -0.05) is 12.1 Å². The van der Waals surface area contributed by atoms with Crippen LogP contribution in [0.5, 0.6) is 11.5 Å². The highest BCUT2D eigenvalue weighted by Gasteiger charge is 2.52. The second-order valence-corrected chi connectivity index (χ2v) is 10.7. The van der Waals surface area contributed by atoms with Crippen molar-refractivity contribution in [2.75, 3.05) is 0 Å². The summed E-state index contributed by atoms with van der Waals surface area (Å²) in [6, 6.07) is 6.23. The number of halogens is 3. The van der Waals surface area contributed by atoms with Gasteiger partial charge in [-0.05, 0) is 78.3 Å². The van der Waals surface area contributed by atoms with Gasteiger partial charge in [0.2, 0.25) is 0 Å². The van der Waals surface area contributed by atoms with Crippen LogP contribution in [0.25, 0.3) is 11.1 Å². The Morgan fingerprint density at radius 3 is 2.12 bits per heavy atom. The van der Waals surface area contributed by atoms with E-state index in [1.54, 1.807) is 18.2 Å². The van der Waals surface area contributed by atoms with E-state index in [9.17, 15) is 31.5 Å². The molecule has 5 nitrogen and oxygen atoms in total. The molecule has 2 aromatic carbocycles. The van der Waals surface area contributed by atoms with Crippen molar-refractivity contribution >= 4 is 15.9 Å². The number of aromatic hydroxyl groups is 1. The van der Waals surface area contributed by atoms with Gasteiger partial charge in [0.1, 0.15) is 17.3 Å². The minimum absolute atomic E-state index is 0.0985. The predicted octanol–water partition coefficient (Wildman–Crippen LogP) is 5.20. The molecule has 0 amide bonds. The maximum atomic E-state index is 13.0. The van der Waals surface area contributed by atoms with E-state index < -0.39 is 33.2 Å². The standard InChI is InChI=1S/C23H19F3O5S/c24-23(25,26)32(29,30)31-17-8-6-13(20-14-3-4-15(21(17)20)22(14)28)12-5-7-16(27)19-11-2-1-10(9-11)18(12)19/h5-8,10-11,14-15,27H,1-4,9H2. The van der Waals surface area contributed by atoms with Gasteiger partial charge in [-0.15, -0.1) is 0 Å². The molecule has 2 fully saturated rings. The fourth-order valence-corrected chi connectivity index (χ4v) is 6.97. The second kappa shape index (κ2) is 6.27. The molecule has 0 aliphatic heterocycles. The summed E-state index contributed by atoms with van der Waals surface area (Å²) < 4.78 is 66.7. The number of alkyl halides is 3. The van der Waals surface area contributed by atoms with Gasteiger partial charge in [-0.25, -0.2) is 0 Å². The third-order valence-corrected chi connectivity index (χ3v) is 8.63. The monoisotopic (exact) mass is 464 g/mol. The van der Waals surface area contributed by atoms with Crippen LogP contribution in [0.1, 0.15) is 78.0 Å². The lowest BCUT2D eigenvalue weighted by Gasteiger charge is -2.25. The van der Waals surface area contributed by atoms with Gasteiger partial charge in [0.05, 0.1) is 0 Å². The van der Waals surface area contributed by atoms with Gasteiger partial charge in [0, 0.05) is 23.0 Å². The van der Waals surface area contributed by atoms with Crippen molar-refractivity contribution in [2.45, 2.75) is 61.3 Å². The number of ketones is 1. The smallest absolute Gasteiger partial charge is 0.508 e. The van der Waals surface area contributed by atoms with Crippen molar-refractivity contribution in [1.82, 2.24) is 0 Å². The average molecular weight is 464 g/mol. The van der Waals surface area contributed by atoms with E-state index in [-0.39, 0.29) is 17.1 Å². The molecule has 0 spiro atoms. The van der Waals surface area contributed by atoms with E-state index in [1.165, 1.54) is 6.07 Å². The Morgan fingerprint density at radius 2 is 1.44 bits per heavy atom. The highest BCUT2D eigenvalue weighted by atomic mass is 32.2. The van der Waals surface area contributed by atoms with Crippen molar-refractivity contribution in [3.05, 3.63) is 46.5 Å². The Balaban J connectivity index is 1.56. The Hall–Kier alpha value is -2.55. The Kier molecular flexibility index (Phi) is 3.94. The number of phenols is 1. The first-order valence-electron chi connectivity index (χ1n) is 10.7. The molecular weight excluding hydrogens is 445 g/mol. The first-order chi connectivity index (χ1) is 15.1. The molecule has 4 atom stereocenters. The van der Waals surface area contributed by atoms with Gasteiger partial charge in [-0.2, -0.15) is 21.6 Å². The zero-order valence-electron chi connectivity index (χ0n) is 16.8. The quantitative estimate of drug-likeness (QED) is 0.499. The Labute approximate surface area is 182 Å². The lowest BCUT2D eigenvalue weighted by molar-refractivity contribution is -0.119. The van der Waals surface area contributed by atoms with Crippen LogP contribution in [0.4, 0.5) is 13.2 Å². The maximum absolute atomic E-state index is 13.0. The van der Waals surface area contributed by atoms with Crippen LogP contribution < -0.4 is 4.18 Å². The number of carbonyl (C=O) groups is 1. The van der Waals surface area contributed by atoms with E-state index in [2.05, 4.69) is 4.18 Å². The summed E-state index contributed by atoms with van der Waals surface area (Å²) in [5.41, 5.74) is -1.14. The SMILES string of the molecule is O=C1C2CCC1c1c(-c3ccc(O)c4c3C3CCC4C3)ccc(OS(=O)(=O)C(F)(F)F)c12. The van der Waals surface area contributed by atoms with E-state index in [0.29, 0.717) is 30.2 Å². The van der Waals surface area contributed by atoms with Crippen molar-refractivity contribution in [3.8, 4) is 22.6 Å². The molecule has 2 saturated carbocycles. The molecule has 4 aliphatic carbocycles. The lowest BCUT2D eigenvalue weighted by atomic mass is 9.80. The van der Waals surface area contributed by atoms with Gasteiger partial charge in [0.15, 0.2) is 0 Å². The van der Waals surface area contributed by atoms with E-state index in [0.717, 1.165) is 41.5 Å². The van der Waals surface area contributed by atoms with Crippen LogP contribution in [0, 0.1) is 0 Å². The third kappa shape index (κ3) is 2.51. The van der Waals surface area contributed by atoms with Crippen molar-refractivity contribution in [3.63, 3.8) is 0 Å². The lowest BCUT2D eigenvalue weighted by Crippen LogP contribution is -2.28. The zero-order valence-corrected chi connectivity index (χ0v) is 17.6. The minimum Gasteiger partial charge on any atom is -0.508 e. The van der Waals surface area contributed by atoms with Gasteiger partial charge >= 0.3 is 15.6 Å². The number of hydrogen-bond acceptors (Lipinski definition) is 5. The first kappa shape index (κ1) is 20.1. The first-order valence-corrected chi connectivity index (χ1v) is 12.1. The molecule has 4 aliphatic rings. The van der Waals surface area contributed by atoms with Gasteiger partial charge in [-0.3, -0.25) is 4.79 Å². The molecule has 0 aromatic heterocycles. The van der Waals surface area contributed by atoms with E-state index in [4.69, 9.17) is 0 Å². The molecule has 9 heteroatoms. The number of hydrogen-bond donors (Lipinski definition) is 1. The van der Waals surface area contributed by atoms with Crippen LogP contribution >= 0.6 is 0 Å². The topological polar surface area (TPSA) is 80.7 Å². The van der Waals surface area contributed by atoms with Crippen LogP contribution in [0.2, 0.25) is 0 Å². The Morgan fingerprint density at radius 1 is 0.844 bits per heavy atom. The van der Waals surface area contributed by atoms with Gasteiger partial charge in [0.25, 0.3) is 0 Å². The number of benzene rings is 2. The van der Waals surface area contributed by atoms with Crippen LogP contribution in [-0.2, 0) is 14.9 Å². The molecule has 2 aromatic rings. The molecular formula is C23H19F3O5S. The van der Waals surface area contributed by atoms with Crippen molar-refractivity contribution < 1.29 is 35.7 Å². The fraction of sp³-hybridized carbons (Fsp3) is 0.435. The normalized spacial score (nSPS) is 27.7.